The molecule has 1 fully saturated rings. The zero-order valence-electron chi connectivity index (χ0n) is 29.0. The first-order chi connectivity index (χ1) is 24.1. The number of carbonyl (C=O) groups is 3. The van der Waals surface area contributed by atoms with Gasteiger partial charge in [0.2, 0.25) is 5.91 Å². The van der Waals surface area contributed by atoms with Crippen molar-refractivity contribution in [3.8, 4) is 16.8 Å². The van der Waals surface area contributed by atoms with Crippen molar-refractivity contribution in [1.29, 1.82) is 0 Å². The molecular weight excluding hydrogens is 630 g/mol. The van der Waals surface area contributed by atoms with Crippen LogP contribution < -0.4 is 16.4 Å². The van der Waals surface area contributed by atoms with Crippen molar-refractivity contribution in [3.63, 3.8) is 0 Å². The van der Waals surface area contributed by atoms with Gasteiger partial charge in [0.25, 0.3) is 5.91 Å². The first-order valence-electron chi connectivity index (χ1n) is 17.6. The second-order valence-electron chi connectivity index (χ2n) is 13.8. The molecule has 1 saturated heterocycles. The lowest BCUT2D eigenvalue weighted by Crippen LogP contribution is -2.28. The molecule has 2 aliphatic heterocycles. The maximum atomic E-state index is 12.6. The van der Waals surface area contributed by atoms with E-state index in [1.165, 1.54) is 5.56 Å². The van der Waals surface area contributed by atoms with Crippen LogP contribution in [0.4, 0.5) is 5.82 Å². The number of nitrogens with one attached hydrogen (secondary N) is 2. The number of hydrogen-bond donors (Lipinski definition) is 4. The minimum absolute atomic E-state index is 0.0115. The fourth-order valence-electron chi connectivity index (χ4n) is 7.25. The van der Waals surface area contributed by atoms with Gasteiger partial charge in [0.15, 0.2) is 0 Å². The second-order valence-corrected chi connectivity index (χ2v) is 13.8. The van der Waals surface area contributed by atoms with E-state index in [0.29, 0.717) is 18.0 Å². The number of rotatable bonds is 14. The smallest absolute Gasteiger partial charge is 0.304 e. The van der Waals surface area contributed by atoms with Gasteiger partial charge in [0.1, 0.15) is 5.82 Å². The Hall–Kier alpha value is -5.03. The Labute approximate surface area is 293 Å². The summed E-state index contributed by atoms with van der Waals surface area (Å²) in [7, 11) is 0. The summed E-state index contributed by atoms with van der Waals surface area (Å²) >= 11 is 0. The summed E-state index contributed by atoms with van der Waals surface area (Å²) in [4.78, 5) is 43.2. The summed E-state index contributed by atoms with van der Waals surface area (Å²) in [5.41, 5.74) is 13.6. The number of likely N-dealkylation sites (tertiary alicyclic amines) is 1. The first kappa shape index (κ1) is 34.8. The van der Waals surface area contributed by atoms with Gasteiger partial charge in [-0.1, -0.05) is 24.3 Å². The molecule has 2 atom stereocenters. The number of anilines is 1. The van der Waals surface area contributed by atoms with Crippen LogP contribution in [0, 0.1) is 19.8 Å². The van der Waals surface area contributed by atoms with Crippen LogP contribution in [0.1, 0.15) is 76.6 Å². The van der Waals surface area contributed by atoms with Crippen LogP contribution >= 0.6 is 0 Å². The van der Waals surface area contributed by atoms with Crippen LogP contribution in [0.2, 0.25) is 0 Å². The highest BCUT2D eigenvalue weighted by molar-refractivity contribution is 5.95. The fourth-order valence-corrected chi connectivity index (χ4v) is 7.25. The monoisotopic (exact) mass is 677 g/mol. The second kappa shape index (κ2) is 15.7. The van der Waals surface area contributed by atoms with Gasteiger partial charge in [-0.25, -0.2) is 9.67 Å². The lowest BCUT2D eigenvalue weighted by atomic mass is 9.91. The summed E-state index contributed by atoms with van der Waals surface area (Å²) in [5.74, 6) is -0.237. The largest absolute Gasteiger partial charge is 0.481 e. The summed E-state index contributed by atoms with van der Waals surface area (Å²) in [6.07, 6.45) is 5.41. The predicted molar refractivity (Wildman–Crippen MR) is 194 cm³/mol. The summed E-state index contributed by atoms with van der Waals surface area (Å²) in [5, 5.41) is 20.9. The molecule has 50 heavy (non-hydrogen) atoms. The highest BCUT2D eigenvalue weighted by Crippen LogP contribution is 2.33. The number of nitrogens with two attached hydrogens (primary N) is 1. The Morgan fingerprint density at radius 2 is 1.88 bits per heavy atom. The van der Waals surface area contributed by atoms with Gasteiger partial charge in [-0.3, -0.25) is 14.4 Å². The molecule has 4 heterocycles. The van der Waals surface area contributed by atoms with Crippen molar-refractivity contribution in [1.82, 2.24) is 25.0 Å². The Morgan fingerprint density at radius 1 is 1.06 bits per heavy atom. The molecule has 2 aliphatic rings. The number of pyridine rings is 1. The van der Waals surface area contributed by atoms with Gasteiger partial charge in [-0.05, 0) is 117 Å². The van der Waals surface area contributed by atoms with Gasteiger partial charge in [0, 0.05) is 55.5 Å². The first-order valence-corrected chi connectivity index (χ1v) is 17.6. The third-order valence-electron chi connectivity index (χ3n) is 9.83. The molecule has 2 aromatic heterocycles. The lowest BCUT2D eigenvalue weighted by Gasteiger charge is -2.24. The van der Waals surface area contributed by atoms with Crippen LogP contribution in [0.3, 0.4) is 0 Å². The Bertz CT molecular complexity index is 1850. The number of carboxylic acid groups (broad SMARTS) is 1. The maximum absolute atomic E-state index is 12.6. The van der Waals surface area contributed by atoms with E-state index in [0.717, 1.165) is 97.0 Å². The Kier molecular flexibility index (Phi) is 10.9. The Balaban J connectivity index is 1.20. The highest BCUT2D eigenvalue weighted by atomic mass is 16.4. The van der Waals surface area contributed by atoms with E-state index in [9.17, 15) is 19.5 Å². The molecule has 0 aliphatic carbocycles. The van der Waals surface area contributed by atoms with Crippen LogP contribution in [0.5, 0.6) is 0 Å². The van der Waals surface area contributed by atoms with Crippen molar-refractivity contribution in [2.45, 2.75) is 64.7 Å². The number of aromatic nitrogens is 3. The number of fused-ring (bicyclic) bond motifs is 1. The Morgan fingerprint density at radius 3 is 2.62 bits per heavy atom. The molecule has 11 heteroatoms. The quantitative estimate of drug-likeness (QED) is 0.145. The van der Waals surface area contributed by atoms with E-state index in [4.69, 9.17) is 15.8 Å². The third kappa shape index (κ3) is 8.76. The maximum Gasteiger partial charge on any atom is 0.304 e. The van der Waals surface area contributed by atoms with Crippen LogP contribution in [0.25, 0.3) is 16.8 Å². The minimum Gasteiger partial charge on any atom is -0.481 e. The zero-order chi connectivity index (χ0) is 35.2. The number of carboxylic acids is 1. The number of aliphatic carboxylic acids is 1. The zero-order valence-corrected chi connectivity index (χ0v) is 29.0. The van der Waals surface area contributed by atoms with E-state index in [-0.39, 0.29) is 31.2 Å². The van der Waals surface area contributed by atoms with Crippen LogP contribution in [0.15, 0.2) is 60.7 Å². The standard InChI is InChI=1S/C39H47N7O4/c1-25-18-26(2)46(44-25)35-20-31(28-6-8-30(9-7-28)39(50)42-16-13-36(40)47)19-32(21-35)33(22-37(48)49)24-45-17-14-27(23-45)5-11-34-12-10-29-4-3-15-41-38(29)43-34/h6-10,12,18-21,27,33H,3-5,11,13-17,22-24H2,1-2H3,(H2,40,47)(H,41,43)(H,42,50)(H,48,49)/t27-,33-/m1/s1. The van der Waals surface area contributed by atoms with Crippen molar-refractivity contribution < 1.29 is 19.5 Å². The molecule has 0 saturated carbocycles. The van der Waals surface area contributed by atoms with E-state index in [2.05, 4.69) is 45.9 Å². The molecule has 0 radical (unpaired) electrons. The third-order valence-corrected chi connectivity index (χ3v) is 9.83. The van der Waals surface area contributed by atoms with E-state index in [1.54, 1.807) is 12.1 Å². The molecule has 2 aromatic carbocycles. The number of hydrogen-bond acceptors (Lipinski definition) is 7. The van der Waals surface area contributed by atoms with Crippen molar-refractivity contribution >= 4 is 23.6 Å². The molecule has 4 aromatic rings. The summed E-state index contributed by atoms with van der Waals surface area (Å²) in [6, 6.07) is 19.9. The SMILES string of the molecule is Cc1cc(C)n(-c2cc(-c3ccc(C(=O)NCCC(N)=O)cc3)cc([C@H](CC(=O)O)CN3CC[C@@H](CCc4ccc5c(n4)NCCC5)C3)c2)n1. The van der Waals surface area contributed by atoms with Crippen molar-refractivity contribution in [2.24, 2.45) is 11.7 Å². The van der Waals surface area contributed by atoms with Crippen molar-refractivity contribution in [3.05, 3.63) is 94.4 Å². The highest BCUT2D eigenvalue weighted by Gasteiger charge is 2.27. The van der Waals surface area contributed by atoms with Gasteiger partial charge >= 0.3 is 5.97 Å². The number of amides is 2. The predicted octanol–water partition coefficient (Wildman–Crippen LogP) is 5.03. The average molecular weight is 678 g/mol. The van der Waals surface area contributed by atoms with E-state index < -0.39 is 11.9 Å². The van der Waals surface area contributed by atoms with Gasteiger partial charge < -0.3 is 26.4 Å². The van der Waals surface area contributed by atoms with Gasteiger partial charge in [0.05, 0.1) is 17.8 Å². The normalized spacial score (nSPS) is 16.4. The molecule has 2 amide bonds. The molecule has 0 bridgehead atoms. The molecule has 5 N–H and O–H groups in total. The van der Waals surface area contributed by atoms with Crippen LogP contribution in [-0.2, 0) is 22.4 Å². The fraction of sp³-hybridized carbons (Fsp3) is 0.410. The minimum atomic E-state index is -0.831. The topological polar surface area (TPSA) is 155 Å². The van der Waals surface area contributed by atoms with E-state index in [1.807, 2.05) is 36.7 Å². The van der Waals surface area contributed by atoms with Crippen molar-refractivity contribution in [2.75, 3.05) is 38.0 Å². The number of nitrogens with zero attached hydrogens (tertiary/aromatic N) is 4. The molecule has 11 nitrogen and oxygen atoms in total. The van der Waals surface area contributed by atoms with Gasteiger partial charge in [-0.2, -0.15) is 5.10 Å². The lowest BCUT2D eigenvalue weighted by molar-refractivity contribution is -0.137. The molecule has 262 valence electrons. The molecular formula is C39H47N7O4. The molecule has 0 unspecified atom stereocenters. The summed E-state index contributed by atoms with van der Waals surface area (Å²) < 4.78 is 1.90. The number of primary amides is 1. The molecule has 6 rings (SSSR count). The number of carbonyl (C=O) groups excluding carboxylic acids is 2. The van der Waals surface area contributed by atoms with Gasteiger partial charge in [-0.15, -0.1) is 0 Å². The van der Waals surface area contributed by atoms with Crippen LogP contribution in [-0.4, -0.2) is 75.3 Å². The van der Waals surface area contributed by atoms with E-state index >= 15 is 0 Å². The average Bonchev–Trinajstić information content (AvgIpc) is 3.70. The molecule has 0 spiro atoms. The summed E-state index contributed by atoms with van der Waals surface area (Å²) in [6.45, 7) is 7.64. The number of aryl methyl sites for hydroxylation is 4. The number of benzene rings is 2.